The van der Waals surface area contributed by atoms with Crippen LogP contribution in [0.15, 0.2) is 70.3 Å². The Morgan fingerprint density at radius 2 is 1.88 bits per heavy atom. The highest BCUT2D eigenvalue weighted by atomic mass is 16.5. The van der Waals surface area contributed by atoms with E-state index in [0.29, 0.717) is 18.0 Å². The number of hydrazone groups is 1. The molecule has 2 amide bonds. The van der Waals surface area contributed by atoms with Crippen molar-refractivity contribution in [3.63, 3.8) is 0 Å². The van der Waals surface area contributed by atoms with Crippen LogP contribution in [-0.2, 0) is 9.59 Å². The molecule has 1 unspecified atom stereocenters. The zero-order valence-electron chi connectivity index (χ0n) is 17.9. The first-order chi connectivity index (χ1) is 15.5. The topological polar surface area (TPSA) is 97.0 Å². The van der Waals surface area contributed by atoms with Gasteiger partial charge in [-0.2, -0.15) is 5.10 Å². The summed E-state index contributed by atoms with van der Waals surface area (Å²) in [5.41, 5.74) is 2.76. The maximum absolute atomic E-state index is 13.1. The predicted octanol–water partition coefficient (Wildman–Crippen LogP) is 4.09. The first-order valence-corrected chi connectivity index (χ1v) is 10.4. The average molecular weight is 432 g/mol. The van der Waals surface area contributed by atoms with Gasteiger partial charge in [0.15, 0.2) is 5.82 Å². The predicted molar refractivity (Wildman–Crippen MR) is 119 cm³/mol. The van der Waals surface area contributed by atoms with Gasteiger partial charge in [0.05, 0.1) is 18.9 Å². The number of hydrogen-bond acceptors (Lipinski definition) is 6. The number of carbonyl (C=O) groups is 2. The SMILES string of the molecule is COc1ccc(C2CC(c3ccccc3)=NN2C(=O)CCC(=O)Nc2cc(C)on2)cc1. The van der Waals surface area contributed by atoms with Gasteiger partial charge in [-0.05, 0) is 30.2 Å². The minimum absolute atomic E-state index is 0.0206. The molecule has 1 N–H and O–H groups in total. The maximum Gasteiger partial charge on any atom is 0.243 e. The minimum atomic E-state index is -0.306. The van der Waals surface area contributed by atoms with Gasteiger partial charge in [0.1, 0.15) is 11.5 Å². The van der Waals surface area contributed by atoms with Crippen LogP contribution in [0.2, 0.25) is 0 Å². The molecule has 0 bridgehead atoms. The number of benzene rings is 2. The average Bonchev–Trinajstić information content (AvgIpc) is 3.44. The summed E-state index contributed by atoms with van der Waals surface area (Å²) in [6, 6.07) is 18.8. The quantitative estimate of drug-likeness (QED) is 0.607. The van der Waals surface area contributed by atoms with Crippen LogP contribution in [0.5, 0.6) is 5.75 Å². The molecule has 0 aliphatic carbocycles. The largest absolute Gasteiger partial charge is 0.497 e. The van der Waals surface area contributed by atoms with E-state index >= 15 is 0 Å². The second kappa shape index (κ2) is 9.47. The van der Waals surface area contributed by atoms with Gasteiger partial charge in [-0.3, -0.25) is 9.59 Å². The van der Waals surface area contributed by atoms with Crippen LogP contribution in [0.1, 0.15) is 42.2 Å². The molecule has 8 nitrogen and oxygen atoms in total. The molecule has 4 rings (SSSR count). The molecule has 8 heteroatoms. The monoisotopic (exact) mass is 432 g/mol. The van der Waals surface area contributed by atoms with Crippen molar-refractivity contribution in [2.75, 3.05) is 12.4 Å². The van der Waals surface area contributed by atoms with Gasteiger partial charge in [0.2, 0.25) is 11.8 Å². The summed E-state index contributed by atoms with van der Waals surface area (Å²) in [5.74, 6) is 1.15. The van der Waals surface area contributed by atoms with Crippen LogP contribution >= 0.6 is 0 Å². The number of carbonyl (C=O) groups excluding carboxylic acids is 2. The summed E-state index contributed by atoms with van der Waals surface area (Å²) >= 11 is 0. The lowest BCUT2D eigenvalue weighted by molar-refractivity contribution is -0.134. The van der Waals surface area contributed by atoms with Gasteiger partial charge in [-0.15, -0.1) is 0 Å². The molecule has 3 aromatic rings. The Morgan fingerprint density at radius 3 is 2.53 bits per heavy atom. The van der Waals surface area contributed by atoms with Crippen molar-refractivity contribution in [1.82, 2.24) is 10.2 Å². The third kappa shape index (κ3) is 4.85. The van der Waals surface area contributed by atoms with Crippen LogP contribution in [0.3, 0.4) is 0 Å². The van der Waals surface area contributed by atoms with Gasteiger partial charge in [0, 0.05) is 25.3 Å². The molecule has 1 aliphatic rings. The van der Waals surface area contributed by atoms with Crippen molar-refractivity contribution in [3.05, 3.63) is 77.6 Å². The normalized spacial score (nSPS) is 15.4. The molecule has 1 aliphatic heterocycles. The summed E-state index contributed by atoms with van der Waals surface area (Å²) in [4.78, 5) is 25.3. The molecule has 2 aromatic carbocycles. The lowest BCUT2D eigenvalue weighted by Gasteiger charge is -2.22. The molecule has 0 fully saturated rings. The highest BCUT2D eigenvalue weighted by Crippen LogP contribution is 2.34. The third-order valence-electron chi connectivity index (χ3n) is 5.23. The van der Waals surface area contributed by atoms with Crippen LogP contribution in [0.4, 0.5) is 5.82 Å². The zero-order valence-corrected chi connectivity index (χ0v) is 17.9. The fraction of sp³-hybridized carbons (Fsp3) is 0.250. The number of aryl methyl sites for hydroxylation is 1. The number of rotatable bonds is 7. The Balaban J connectivity index is 1.49. The van der Waals surface area contributed by atoms with E-state index in [2.05, 4.69) is 15.6 Å². The Labute approximate surface area is 185 Å². The molecule has 2 heterocycles. The summed E-state index contributed by atoms with van der Waals surface area (Å²) < 4.78 is 10.2. The highest BCUT2D eigenvalue weighted by molar-refractivity contribution is 6.03. The number of anilines is 1. The Hall–Kier alpha value is -3.94. The minimum Gasteiger partial charge on any atom is -0.497 e. The van der Waals surface area contributed by atoms with E-state index in [4.69, 9.17) is 9.26 Å². The van der Waals surface area contributed by atoms with Crippen molar-refractivity contribution >= 4 is 23.3 Å². The van der Waals surface area contributed by atoms with Crippen molar-refractivity contribution in [1.29, 1.82) is 0 Å². The maximum atomic E-state index is 13.1. The third-order valence-corrected chi connectivity index (χ3v) is 5.23. The molecule has 1 aromatic heterocycles. The van der Waals surface area contributed by atoms with E-state index in [9.17, 15) is 9.59 Å². The fourth-order valence-electron chi connectivity index (χ4n) is 3.60. The molecular formula is C24H24N4O4. The molecule has 0 saturated heterocycles. The summed E-state index contributed by atoms with van der Waals surface area (Å²) in [7, 11) is 1.61. The Bertz CT molecular complexity index is 1120. The Morgan fingerprint density at radius 1 is 1.12 bits per heavy atom. The van der Waals surface area contributed by atoms with E-state index in [1.54, 1.807) is 20.1 Å². The number of ether oxygens (including phenoxy) is 1. The lowest BCUT2D eigenvalue weighted by atomic mass is 9.98. The van der Waals surface area contributed by atoms with Crippen molar-refractivity contribution in [2.24, 2.45) is 5.10 Å². The number of nitrogens with one attached hydrogen (secondary N) is 1. The van der Waals surface area contributed by atoms with Crippen molar-refractivity contribution in [3.8, 4) is 5.75 Å². The highest BCUT2D eigenvalue weighted by Gasteiger charge is 2.33. The number of methoxy groups -OCH3 is 1. The van der Waals surface area contributed by atoms with Gasteiger partial charge >= 0.3 is 0 Å². The number of amides is 2. The molecule has 0 spiro atoms. The Kier molecular flexibility index (Phi) is 6.30. The molecule has 0 saturated carbocycles. The zero-order chi connectivity index (χ0) is 22.5. The van der Waals surface area contributed by atoms with Gasteiger partial charge in [-0.25, -0.2) is 5.01 Å². The lowest BCUT2D eigenvalue weighted by Crippen LogP contribution is -2.28. The van der Waals surface area contributed by atoms with Crippen molar-refractivity contribution in [2.45, 2.75) is 32.2 Å². The molecule has 32 heavy (non-hydrogen) atoms. The molecule has 0 radical (unpaired) electrons. The van der Waals surface area contributed by atoms with Gasteiger partial charge < -0.3 is 14.6 Å². The molecule has 164 valence electrons. The molecule has 1 atom stereocenters. The second-order valence-electron chi connectivity index (χ2n) is 7.52. The first kappa shape index (κ1) is 21.3. The standard InChI is InChI=1S/C24H24N4O4/c1-16-14-22(27-32-16)25-23(29)12-13-24(30)28-21(18-8-10-19(31-2)11-9-18)15-20(26-28)17-6-4-3-5-7-17/h3-11,14,21H,12-13,15H2,1-2H3,(H,25,27,29). The molecular weight excluding hydrogens is 408 g/mol. The van der Waals surface area contributed by atoms with Gasteiger partial charge in [-0.1, -0.05) is 47.6 Å². The summed E-state index contributed by atoms with van der Waals surface area (Å²) in [5, 5.41) is 12.5. The van der Waals surface area contributed by atoms with Crippen LogP contribution in [-0.4, -0.2) is 34.8 Å². The van der Waals surface area contributed by atoms with E-state index in [1.807, 2.05) is 54.6 Å². The van der Waals surface area contributed by atoms with Gasteiger partial charge in [0.25, 0.3) is 0 Å². The number of nitrogens with zero attached hydrogens (tertiary/aromatic N) is 3. The van der Waals surface area contributed by atoms with Crippen LogP contribution in [0.25, 0.3) is 0 Å². The summed E-state index contributed by atoms with van der Waals surface area (Å²) in [6.45, 7) is 1.74. The smallest absolute Gasteiger partial charge is 0.243 e. The van der Waals surface area contributed by atoms with E-state index in [1.165, 1.54) is 5.01 Å². The van der Waals surface area contributed by atoms with Crippen LogP contribution in [0, 0.1) is 6.92 Å². The number of aromatic nitrogens is 1. The van der Waals surface area contributed by atoms with E-state index in [0.717, 1.165) is 22.6 Å². The van der Waals surface area contributed by atoms with Crippen molar-refractivity contribution < 1.29 is 18.8 Å². The summed E-state index contributed by atoms with van der Waals surface area (Å²) in [6.07, 6.45) is 0.639. The van der Waals surface area contributed by atoms with E-state index < -0.39 is 0 Å². The van der Waals surface area contributed by atoms with E-state index in [-0.39, 0.29) is 30.7 Å². The fourth-order valence-corrected chi connectivity index (χ4v) is 3.60. The number of hydrogen-bond donors (Lipinski definition) is 1. The first-order valence-electron chi connectivity index (χ1n) is 10.4. The second-order valence-corrected chi connectivity index (χ2v) is 7.52. The van der Waals surface area contributed by atoms with Crippen LogP contribution < -0.4 is 10.1 Å².